The van der Waals surface area contributed by atoms with Crippen LogP contribution in [-0.4, -0.2) is 41.3 Å². The lowest BCUT2D eigenvalue weighted by molar-refractivity contribution is -0.394. The largest absolute Gasteiger partial charge is 0.465 e. The molecule has 1 heterocycles. The molecule has 0 aliphatic heterocycles. The van der Waals surface area contributed by atoms with E-state index >= 15 is 0 Å². The molecule has 12 nitrogen and oxygen atoms in total. The highest BCUT2D eigenvalue weighted by atomic mass is 32.1. The molecule has 0 spiro atoms. The molecule has 0 unspecified atom stereocenters. The molecule has 186 valence electrons. The molecule has 2 N–H and O–H groups in total. The number of carbonyl (C=O) groups is 3. The SMILES string of the molecule is COC(=O)c1c(NC(=O)c2cc([N+](=O)[O-])cc([N+](=O)[O-])c2)sc(C(=O)NCCc2ccccc2)c1C. The lowest BCUT2D eigenvalue weighted by atomic mass is 10.1. The summed E-state index contributed by atoms with van der Waals surface area (Å²) < 4.78 is 4.78. The second-order valence-corrected chi connectivity index (χ2v) is 8.47. The number of methoxy groups -OCH3 is 1. The number of nitro benzene ring substituents is 2. The van der Waals surface area contributed by atoms with Gasteiger partial charge in [0.05, 0.1) is 39.0 Å². The molecular formula is C23H20N4O8S. The molecule has 0 bridgehead atoms. The Morgan fingerprint density at radius 1 is 0.972 bits per heavy atom. The minimum atomic E-state index is -0.941. The summed E-state index contributed by atoms with van der Waals surface area (Å²) in [6.45, 7) is 1.84. The number of hydrogen-bond acceptors (Lipinski definition) is 9. The first-order valence-corrected chi connectivity index (χ1v) is 11.2. The lowest BCUT2D eigenvalue weighted by Crippen LogP contribution is -2.25. The molecule has 2 amide bonds. The molecule has 13 heteroatoms. The number of esters is 1. The minimum absolute atomic E-state index is 0.0354. The number of non-ortho nitro benzene ring substituents is 2. The Hall–Kier alpha value is -4.65. The van der Waals surface area contributed by atoms with E-state index in [2.05, 4.69) is 10.6 Å². The zero-order valence-corrected chi connectivity index (χ0v) is 19.9. The molecule has 3 rings (SSSR count). The average Bonchev–Trinajstić information content (AvgIpc) is 3.19. The maximum atomic E-state index is 12.8. The Morgan fingerprint density at radius 2 is 1.58 bits per heavy atom. The van der Waals surface area contributed by atoms with Crippen molar-refractivity contribution in [3.05, 3.63) is 95.9 Å². The number of nitrogens with zero attached hydrogens (tertiary/aromatic N) is 2. The van der Waals surface area contributed by atoms with Gasteiger partial charge in [-0.2, -0.15) is 0 Å². The third-order valence-electron chi connectivity index (χ3n) is 5.10. The van der Waals surface area contributed by atoms with E-state index in [9.17, 15) is 34.6 Å². The Kier molecular flexibility index (Phi) is 8.07. The number of nitrogens with one attached hydrogen (secondary N) is 2. The summed E-state index contributed by atoms with van der Waals surface area (Å²) in [6, 6.07) is 12.0. The molecular weight excluding hydrogens is 492 g/mol. The van der Waals surface area contributed by atoms with Crippen molar-refractivity contribution in [3.63, 3.8) is 0 Å². The van der Waals surface area contributed by atoms with Crippen molar-refractivity contribution in [2.45, 2.75) is 13.3 Å². The van der Waals surface area contributed by atoms with E-state index in [1.807, 2.05) is 30.3 Å². The van der Waals surface area contributed by atoms with Crippen LogP contribution in [-0.2, 0) is 11.2 Å². The maximum absolute atomic E-state index is 12.8. The van der Waals surface area contributed by atoms with Gasteiger partial charge in [0.25, 0.3) is 23.2 Å². The third kappa shape index (κ3) is 5.88. The van der Waals surface area contributed by atoms with E-state index in [0.717, 1.165) is 42.2 Å². The molecule has 0 fully saturated rings. The van der Waals surface area contributed by atoms with Crippen LogP contribution < -0.4 is 10.6 Å². The van der Waals surface area contributed by atoms with Gasteiger partial charge in [0.2, 0.25) is 0 Å². The lowest BCUT2D eigenvalue weighted by Gasteiger charge is -2.06. The quantitative estimate of drug-likeness (QED) is 0.247. The molecule has 0 saturated heterocycles. The van der Waals surface area contributed by atoms with E-state index in [0.29, 0.717) is 13.0 Å². The first-order chi connectivity index (χ1) is 17.1. The fraction of sp³-hybridized carbons (Fsp3) is 0.174. The first kappa shape index (κ1) is 26.0. The van der Waals surface area contributed by atoms with Crippen LogP contribution in [0.25, 0.3) is 0 Å². The van der Waals surface area contributed by atoms with Gasteiger partial charge in [-0.1, -0.05) is 30.3 Å². The number of anilines is 1. The molecule has 0 radical (unpaired) electrons. The highest BCUT2D eigenvalue weighted by Gasteiger charge is 2.27. The highest BCUT2D eigenvalue weighted by Crippen LogP contribution is 2.34. The third-order valence-corrected chi connectivity index (χ3v) is 6.30. The van der Waals surface area contributed by atoms with Crippen LogP contribution in [0.2, 0.25) is 0 Å². The summed E-state index contributed by atoms with van der Waals surface area (Å²) in [7, 11) is 1.13. The molecule has 0 saturated carbocycles. The van der Waals surface area contributed by atoms with E-state index in [4.69, 9.17) is 4.74 Å². The number of benzene rings is 2. The van der Waals surface area contributed by atoms with Gasteiger partial charge in [0.1, 0.15) is 5.00 Å². The Labute approximate surface area is 208 Å². The number of rotatable bonds is 9. The van der Waals surface area contributed by atoms with Crippen LogP contribution in [0.5, 0.6) is 0 Å². The predicted molar refractivity (Wildman–Crippen MR) is 131 cm³/mol. The summed E-state index contributed by atoms with van der Waals surface area (Å²) in [4.78, 5) is 58.8. The number of thiophene rings is 1. The Morgan fingerprint density at radius 3 is 2.14 bits per heavy atom. The zero-order valence-electron chi connectivity index (χ0n) is 19.1. The van der Waals surface area contributed by atoms with Crippen molar-refractivity contribution in [2.24, 2.45) is 0 Å². The number of ether oxygens (including phenoxy) is 1. The number of carbonyl (C=O) groups excluding carboxylic acids is 3. The standard InChI is InChI=1S/C23H20N4O8S/c1-13-18(23(30)35-2)22(36-19(13)21(29)24-9-8-14-6-4-3-5-7-14)25-20(28)15-10-16(26(31)32)12-17(11-15)27(33)34/h3-7,10-12H,8-9H2,1-2H3,(H,24,29)(H,25,28). The smallest absolute Gasteiger partial charge is 0.341 e. The topological polar surface area (TPSA) is 171 Å². The van der Waals surface area contributed by atoms with E-state index in [1.165, 1.54) is 6.92 Å². The summed E-state index contributed by atoms with van der Waals surface area (Å²) in [5.41, 5.74) is -0.443. The second kappa shape index (κ2) is 11.2. The van der Waals surface area contributed by atoms with Crippen LogP contribution in [0.3, 0.4) is 0 Å². The number of hydrogen-bond donors (Lipinski definition) is 2. The molecule has 0 atom stereocenters. The normalized spacial score (nSPS) is 10.4. The summed E-state index contributed by atoms with van der Waals surface area (Å²) in [5, 5.41) is 27.4. The summed E-state index contributed by atoms with van der Waals surface area (Å²) in [6.07, 6.45) is 0.579. The van der Waals surface area contributed by atoms with Crippen LogP contribution in [0.1, 0.15) is 41.5 Å². The van der Waals surface area contributed by atoms with E-state index < -0.39 is 39.0 Å². The zero-order chi connectivity index (χ0) is 26.4. The van der Waals surface area contributed by atoms with Crippen molar-refractivity contribution in [3.8, 4) is 0 Å². The van der Waals surface area contributed by atoms with Gasteiger partial charge >= 0.3 is 5.97 Å². The van der Waals surface area contributed by atoms with Crippen molar-refractivity contribution < 1.29 is 29.0 Å². The Balaban J connectivity index is 1.87. The van der Waals surface area contributed by atoms with Crippen molar-refractivity contribution in [2.75, 3.05) is 19.0 Å². The van der Waals surface area contributed by atoms with Gasteiger partial charge in [-0.15, -0.1) is 11.3 Å². The molecule has 36 heavy (non-hydrogen) atoms. The monoisotopic (exact) mass is 512 g/mol. The molecule has 3 aromatic rings. The maximum Gasteiger partial charge on any atom is 0.341 e. The van der Waals surface area contributed by atoms with Gasteiger partial charge in [0, 0.05) is 18.7 Å². The summed E-state index contributed by atoms with van der Waals surface area (Å²) in [5.74, 6) is -2.22. The van der Waals surface area contributed by atoms with Crippen molar-refractivity contribution in [1.29, 1.82) is 0 Å². The fourth-order valence-corrected chi connectivity index (χ4v) is 4.43. The second-order valence-electron chi connectivity index (χ2n) is 7.45. The predicted octanol–water partition coefficient (Wildman–Crippen LogP) is 3.88. The van der Waals surface area contributed by atoms with Gasteiger partial charge in [-0.05, 0) is 24.5 Å². The fourth-order valence-electron chi connectivity index (χ4n) is 3.32. The van der Waals surface area contributed by atoms with Crippen LogP contribution in [0.15, 0.2) is 48.5 Å². The average molecular weight is 513 g/mol. The molecule has 1 aromatic heterocycles. The molecule has 2 aromatic carbocycles. The van der Waals surface area contributed by atoms with E-state index in [1.54, 1.807) is 0 Å². The van der Waals surface area contributed by atoms with Crippen LogP contribution >= 0.6 is 11.3 Å². The number of amides is 2. The summed E-state index contributed by atoms with van der Waals surface area (Å²) >= 11 is 0.816. The Bertz CT molecular complexity index is 1320. The van der Waals surface area contributed by atoms with Crippen molar-refractivity contribution in [1.82, 2.24) is 5.32 Å². The van der Waals surface area contributed by atoms with Crippen LogP contribution in [0.4, 0.5) is 16.4 Å². The van der Waals surface area contributed by atoms with Crippen LogP contribution in [0, 0.1) is 27.2 Å². The number of nitro groups is 2. The van der Waals surface area contributed by atoms with Gasteiger partial charge in [-0.25, -0.2) is 4.79 Å². The van der Waals surface area contributed by atoms with Gasteiger partial charge in [-0.3, -0.25) is 29.8 Å². The highest BCUT2D eigenvalue weighted by molar-refractivity contribution is 7.18. The first-order valence-electron chi connectivity index (χ1n) is 10.4. The van der Waals surface area contributed by atoms with Gasteiger partial charge < -0.3 is 15.4 Å². The molecule has 0 aliphatic carbocycles. The van der Waals surface area contributed by atoms with Crippen molar-refractivity contribution >= 4 is 45.5 Å². The minimum Gasteiger partial charge on any atom is -0.465 e. The van der Waals surface area contributed by atoms with Gasteiger partial charge in [0.15, 0.2) is 0 Å². The molecule has 0 aliphatic rings. The van der Waals surface area contributed by atoms with E-state index in [-0.39, 0.29) is 26.6 Å².